The predicted molar refractivity (Wildman–Crippen MR) is 107 cm³/mol. The number of ether oxygens (including phenoxy) is 2. The molecule has 1 unspecified atom stereocenters. The minimum atomic E-state index is -0.701. The Morgan fingerprint density at radius 2 is 1.89 bits per heavy atom. The summed E-state index contributed by atoms with van der Waals surface area (Å²) in [4.78, 5) is 15.7. The molecule has 0 amide bonds. The third-order valence-corrected chi connectivity index (χ3v) is 3.56. The molecule has 7 nitrogen and oxygen atoms in total. The number of aliphatic hydroxyl groups excluding tert-OH is 1. The molecule has 0 heterocycles. The van der Waals surface area contributed by atoms with E-state index in [0.29, 0.717) is 38.5 Å². The minimum Gasteiger partial charge on any atom is -0.491 e. The van der Waals surface area contributed by atoms with Crippen LogP contribution in [0.25, 0.3) is 0 Å². The van der Waals surface area contributed by atoms with E-state index in [-0.39, 0.29) is 18.6 Å². The molecule has 1 atom stereocenters. The number of aliphatic hydroxyl groups is 1. The van der Waals surface area contributed by atoms with Gasteiger partial charge in [-0.05, 0) is 51.8 Å². The Labute approximate surface area is 162 Å². The Morgan fingerprint density at radius 3 is 2.48 bits per heavy atom. The summed E-state index contributed by atoms with van der Waals surface area (Å²) in [5.74, 6) is 1.20. The van der Waals surface area contributed by atoms with E-state index < -0.39 is 6.10 Å². The van der Waals surface area contributed by atoms with Crippen LogP contribution in [-0.4, -0.2) is 49.4 Å². The quantitative estimate of drug-likeness (QED) is 0.237. The van der Waals surface area contributed by atoms with Crippen molar-refractivity contribution in [3.63, 3.8) is 0 Å². The smallest absolute Gasteiger partial charge is 0.305 e. The Balaban J connectivity index is 2.49. The summed E-state index contributed by atoms with van der Waals surface area (Å²) in [6, 6.07) is 7.39. The van der Waals surface area contributed by atoms with Crippen LogP contribution in [0.15, 0.2) is 29.3 Å². The number of carbonyl (C=O) groups excluding carboxylic acids is 1. The normalized spacial score (nSPS) is 12.6. The number of aliphatic imine (C=N–C) groups is 1. The van der Waals surface area contributed by atoms with Crippen molar-refractivity contribution in [2.24, 2.45) is 4.99 Å². The number of hydrogen-bond donors (Lipinski definition) is 3. The molecule has 27 heavy (non-hydrogen) atoms. The lowest BCUT2D eigenvalue weighted by atomic mass is 10.1. The Kier molecular flexibility index (Phi) is 10.9. The first-order valence-corrected chi connectivity index (χ1v) is 9.58. The lowest BCUT2D eigenvalue weighted by molar-refractivity contribution is -0.143. The topological polar surface area (TPSA) is 92.2 Å². The van der Waals surface area contributed by atoms with Gasteiger partial charge in [-0.1, -0.05) is 12.1 Å². The van der Waals surface area contributed by atoms with Gasteiger partial charge in [0, 0.05) is 19.5 Å². The van der Waals surface area contributed by atoms with Gasteiger partial charge in [-0.25, -0.2) is 0 Å². The van der Waals surface area contributed by atoms with Crippen molar-refractivity contribution in [3.05, 3.63) is 29.8 Å². The van der Waals surface area contributed by atoms with Gasteiger partial charge in [0.05, 0.1) is 25.4 Å². The van der Waals surface area contributed by atoms with Crippen molar-refractivity contribution in [1.82, 2.24) is 10.6 Å². The van der Waals surface area contributed by atoms with Crippen LogP contribution < -0.4 is 15.4 Å². The number of hydrogen-bond acceptors (Lipinski definition) is 5. The number of carbonyl (C=O) groups is 1. The first-order valence-electron chi connectivity index (χ1n) is 9.58. The second kappa shape index (κ2) is 13.0. The van der Waals surface area contributed by atoms with E-state index in [1.807, 2.05) is 45.0 Å². The van der Waals surface area contributed by atoms with Gasteiger partial charge in [0.25, 0.3) is 0 Å². The Hall–Kier alpha value is -2.28. The lowest BCUT2D eigenvalue weighted by Crippen LogP contribution is -2.38. The highest BCUT2D eigenvalue weighted by Gasteiger charge is 2.09. The zero-order chi connectivity index (χ0) is 20.1. The van der Waals surface area contributed by atoms with E-state index in [9.17, 15) is 9.90 Å². The SMILES string of the molecule is CCNC(=NCC(O)c1ccc(OC(C)C)cc1)NCCCC(=O)OCC. The van der Waals surface area contributed by atoms with Crippen LogP contribution in [0.5, 0.6) is 5.75 Å². The van der Waals surface area contributed by atoms with E-state index in [1.165, 1.54) is 0 Å². The molecular formula is C20H33N3O4. The van der Waals surface area contributed by atoms with Crippen molar-refractivity contribution in [2.75, 3.05) is 26.2 Å². The van der Waals surface area contributed by atoms with Gasteiger partial charge in [-0.3, -0.25) is 9.79 Å². The summed E-state index contributed by atoms with van der Waals surface area (Å²) in [5, 5.41) is 16.6. The predicted octanol–water partition coefficient (Wildman–Crippen LogP) is 2.41. The molecule has 1 rings (SSSR count). The second-order valence-electron chi connectivity index (χ2n) is 6.31. The fourth-order valence-electron chi connectivity index (χ4n) is 2.34. The summed E-state index contributed by atoms with van der Waals surface area (Å²) < 4.78 is 10.5. The zero-order valence-corrected chi connectivity index (χ0v) is 16.8. The number of esters is 1. The average molecular weight is 380 g/mol. The molecule has 0 saturated heterocycles. The highest BCUT2D eigenvalue weighted by Crippen LogP contribution is 2.19. The van der Waals surface area contributed by atoms with E-state index in [4.69, 9.17) is 9.47 Å². The van der Waals surface area contributed by atoms with Crippen LogP contribution >= 0.6 is 0 Å². The van der Waals surface area contributed by atoms with Gasteiger partial charge in [-0.2, -0.15) is 0 Å². The maximum absolute atomic E-state index is 11.3. The van der Waals surface area contributed by atoms with Gasteiger partial charge in [0.1, 0.15) is 5.75 Å². The van der Waals surface area contributed by atoms with Gasteiger partial charge in [0.2, 0.25) is 0 Å². The van der Waals surface area contributed by atoms with Crippen LogP contribution in [-0.2, 0) is 9.53 Å². The first kappa shape index (κ1) is 22.8. The summed E-state index contributed by atoms with van der Waals surface area (Å²) in [6.07, 6.45) is 0.438. The van der Waals surface area contributed by atoms with Crippen LogP contribution in [0.2, 0.25) is 0 Å². The third kappa shape index (κ3) is 9.84. The molecule has 0 aliphatic carbocycles. The van der Waals surface area contributed by atoms with Gasteiger partial charge in [-0.15, -0.1) is 0 Å². The molecule has 0 radical (unpaired) electrons. The Bertz CT molecular complexity index is 573. The molecule has 0 bridgehead atoms. The molecule has 0 spiro atoms. The largest absolute Gasteiger partial charge is 0.491 e. The van der Waals surface area contributed by atoms with E-state index in [0.717, 1.165) is 11.3 Å². The Morgan fingerprint density at radius 1 is 1.19 bits per heavy atom. The molecule has 152 valence electrons. The number of nitrogens with one attached hydrogen (secondary N) is 2. The van der Waals surface area contributed by atoms with E-state index in [1.54, 1.807) is 6.92 Å². The maximum atomic E-state index is 11.3. The third-order valence-electron chi connectivity index (χ3n) is 3.56. The second-order valence-corrected chi connectivity index (χ2v) is 6.31. The van der Waals surface area contributed by atoms with E-state index in [2.05, 4.69) is 15.6 Å². The number of nitrogens with zero attached hydrogens (tertiary/aromatic N) is 1. The summed E-state index contributed by atoms with van der Waals surface area (Å²) in [7, 11) is 0. The standard InChI is InChI=1S/C20H33N3O4/c1-5-21-20(22-13-7-8-19(25)26-6-2)23-14-18(24)16-9-11-17(12-10-16)27-15(3)4/h9-12,15,18,24H,5-8,13-14H2,1-4H3,(H2,21,22,23). The van der Waals surface area contributed by atoms with Crippen LogP contribution in [0, 0.1) is 0 Å². The number of rotatable bonds is 11. The summed E-state index contributed by atoms with van der Waals surface area (Å²) in [5.41, 5.74) is 0.785. The number of guanidine groups is 1. The van der Waals surface area contributed by atoms with Crippen LogP contribution in [0.1, 0.15) is 52.2 Å². The summed E-state index contributed by atoms with van der Waals surface area (Å²) >= 11 is 0. The van der Waals surface area contributed by atoms with Gasteiger partial charge < -0.3 is 25.2 Å². The molecule has 0 aliphatic rings. The molecular weight excluding hydrogens is 346 g/mol. The fraction of sp³-hybridized carbons (Fsp3) is 0.600. The highest BCUT2D eigenvalue weighted by atomic mass is 16.5. The van der Waals surface area contributed by atoms with Crippen molar-refractivity contribution in [1.29, 1.82) is 0 Å². The maximum Gasteiger partial charge on any atom is 0.305 e. The molecule has 1 aromatic rings. The molecule has 0 aliphatic heterocycles. The van der Waals surface area contributed by atoms with Crippen molar-refractivity contribution >= 4 is 11.9 Å². The van der Waals surface area contributed by atoms with Crippen LogP contribution in [0.4, 0.5) is 0 Å². The van der Waals surface area contributed by atoms with Gasteiger partial charge >= 0.3 is 5.97 Å². The monoisotopic (exact) mass is 379 g/mol. The molecule has 0 aromatic heterocycles. The molecule has 1 aromatic carbocycles. The zero-order valence-electron chi connectivity index (χ0n) is 16.8. The highest BCUT2D eigenvalue weighted by molar-refractivity contribution is 5.79. The fourth-order valence-corrected chi connectivity index (χ4v) is 2.34. The van der Waals surface area contributed by atoms with Crippen LogP contribution in [0.3, 0.4) is 0 Å². The van der Waals surface area contributed by atoms with Gasteiger partial charge in [0.15, 0.2) is 5.96 Å². The van der Waals surface area contributed by atoms with Crippen molar-refractivity contribution in [3.8, 4) is 5.75 Å². The first-order chi connectivity index (χ1) is 13.0. The molecule has 3 N–H and O–H groups in total. The van der Waals surface area contributed by atoms with Crippen molar-refractivity contribution < 1.29 is 19.4 Å². The average Bonchev–Trinajstić information content (AvgIpc) is 2.63. The molecule has 0 saturated carbocycles. The number of benzene rings is 1. The van der Waals surface area contributed by atoms with E-state index >= 15 is 0 Å². The van der Waals surface area contributed by atoms with Crippen molar-refractivity contribution in [2.45, 2.75) is 52.7 Å². The summed E-state index contributed by atoms with van der Waals surface area (Å²) in [6.45, 7) is 9.65. The minimum absolute atomic E-state index is 0.114. The molecule has 7 heteroatoms. The molecule has 0 fully saturated rings. The lowest BCUT2D eigenvalue weighted by Gasteiger charge is -2.14.